The van der Waals surface area contributed by atoms with Crippen LogP contribution in [0.2, 0.25) is 0 Å². The number of hydrogen-bond acceptors (Lipinski definition) is 4. The number of anilines is 1. The summed E-state index contributed by atoms with van der Waals surface area (Å²) in [5.74, 6) is 1.91. The standard InChI is InChI=1S/C14H20N2O2S/c15-7-8-18-12-5-3-4-11(10-12)16-14(17)13-6-1-2-9-19-13/h3-5,10,13H,1-2,6-9,15H2,(H,16,17). The smallest absolute Gasteiger partial charge is 0.237 e. The molecule has 1 aromatic rings. The normalized spacial score (nSPS) is 18.9. The molecule has 1 amide bonds. The fourth-order valence-electron chi connectivity index (χ4n) is 2.01. The molecule has 0 aromatic heterocycles. The van der Waals surface area contributed by atoms with E-state index >= 15 is 0 Å². The predicted octanol–water partition coefficient (Wildman–Crippen LogP) is 2.25. The quantitative estimate of drug-likeness (QED) is 0.868. The highest BCUT2D eigenvalue weighted by Crippen LogP contribution is 2.26. The van der Waals surface area contributed by atoms with E-state index in [9.17, 15) is 4.79 Å². The van der Waals surface area contributed by atoms with E-state index in [-0.39, 0.29) is 11.2 Å². The first kappa shape index (κ1) is 14.2. The molecule has 1 atom stereocenters. The van der Waals surface area contributed by atoms with Gasteiger partial charge < -0.3 is 15.8 Å². The number of nitrogens with one attached hydrogen (secondary N) is 1. The number of rotatable bonds is 5. The van der Waals surface area contributed by atoms with Gasteiger partial charge in [-0.2, -0.15) is 0 Å². The highest BCUT2D eigenvalue weighted by atomic mass is 32.2. The second-order valence-corrected chi connectivity index (χ2v) is 5.82. The van der Waals surface area contributed by atoms with Crippen LogP contribution < -0.4 is 15.8 Å². The number of ether oxygens (including phenoxy) is 1. The van der Waals surface area contributed by atoms with E-state index < -0.39 is 0 Å². The summed E-state index contributed by atoms with van der Waals surface area (Å²) in [7, 11) is 0. The molecule has 1 heterocycles. The van der Waals surface area contributed by atoms with E-state index in [1.165, 1.54) is 6.42 Å². The Bertz CT molecular complexity index is 420. The van der Waals surface area contributed by atoms with Crippen molar-refractivity contribution in [1.29, 1.82) is 0 Å². The first-order valence-electron chi connectivity index (χ1n) is 6.65. The van der Waals surface area contributed by atoms with Crippen LogP contribution in [0.5, 0.6) is 5.75 Å². The zero-order valence-electron chi connectivity index (χ0n) is 10.9. The number of carbonyl (C=O) groups is 1. The van der Waals surface area contributed by atoms with Gasteiger partial charge in [0, 0.05) is 18.3 Å². The minimum absolute atomic E-state index is 0.0855. The maximum atomic E-state index is 12.1. The molecule has 4 nitrogen and oxygen atoms in total. The van der Waals surface area contributed by atoms with E-state index in [0.717, 1.165) is 30.0 Å². The summed E-state index contributed by atoms with van der Waals surface area (Å²) in [6, 6.07) is 7.44. The van der Waals surface area contributed by atoms with Crippen LogP contribution >= 0.6 is 11.8 Å². The maximum Gasteiger partial charge on any atom is 0.237 e. The molecule has 1 fully saturated rings. The molecule has 1 saturated heterocycles. The van der Waals surface area contributed by atoms with Crippen molar-refractivity contribution in [1.82, 2.24) is 0 Å². The highest BCUT2D eigenvalue weighted by Gasteiger charge is 2.21. The van der Waals surface area contributed by atoms with Crippen molar-refractivity contribution in [2.45, 2.75) is 24.5 Å². The molecule has 19 heavy (non-hydrogen) atoms. The Balaban J connectivity index is 1.92. The van der Waals surface area contributed by atoms with E-state index in [2.05, 4.69) is 5.32 Å². The van der Waals surface area contributed by atoms with Crippen LogP contribution in [-0.4, -0.2) is 30.1 Å². The Hall–Kier alpha value is -1.20. The Kier molecular flexibility index (Phi) is 5.54. The van der Waals surface area contributed by atoms with Gasteiger partial charge in [-0.15, -0.1) is 11.8 Å². The Morgan fingerprint density at radius 2 is 2.37 bits per heavy atom. The number of carbonyl (C=O) groups excluding carboxylic acids is 1. The summed E-state index contributed by atoms with van der Waals surface area (Å²) >= 11 is 1.75. The molecule has 0 aliphatic carbocycles. The molecule has 0 spiro atoms. The molecule has 1 unspecified atom stereocenters. The van der Waals surface area contributed by atoms with Crippen molar-refractivity contribution in [2.24, 2.45) is 5.73 Å². The fourth-order valence-corrected chi connectivity index (χ4v) is 3.21. The maximum absolute atomic E-state index is 12.1. The molecule has 1 aromatic carbocycles. The van der Waals surface area contributed by atoms with Crippen LogP contribution in [0, 0.1) is 0 Å². The van der Waals surface area contributed by atoms with Gasteiger partial charge in [-0.1, -0.05) is 12.5 Å². The average Bonchev–Trinajstić information content (AvgIpc) is 2.46. The number of nitrogens with two attached hydrogens (primary N) is 1. The summed E-state index contributed by atoms with van der Waals surface area (Å²) in [5, 5.41) is 3.04. The molecular formula is C14H20N2O2S. The monoisotopic (exact) mass is 280 g/mol. The van der Waals surface area contributed by atoms with Crippen molar-refractivity contribution in [3.05, 3.63) is 24.3 Å². The van der Waals surface area contributed by atoms with E-state index in [1.54, 1.807) is 11.8 Å². The predicted molar refractivity (Wildman–Crippen MR) is 79.7 cm³/mol. The van der Waals surface area contributed by atoms with Crippen molar-refractivity contribution in [3.63, 3.8) is 0 Å². The van der Waals surface area contributed by atoms with Crippen molar-refractivity contribution >= 4 is 23.4 Å². The Morgan fingerprint density at radius 3 is 3.11 bits per heavy atom. The van der Waals surface area contributed by atoms with Crippen molar-refractivity contribution < 1.29 is 9.53 Å². The lowest BCUT2D eigenvalue weighted by atomic mass is 10.2. The second kappa shape index (κ2) is 7.40. The molecule has 0 saturated carbocycles. The van der Waals surface area contributed by atoms with Gasteiger partial charge in [0.15, 0.2) is 0 Å². The van der Waals surface area contributed by atoms with E-state index in [1.807, 2.05) is 24.3 Å². The van der Waals surface area contributed by atoms with Gasteiger partial charge in [0.25, 0.3) is 0 Å². The zero-order chi connectivity index (χ0) is 13.5. The van der Waals surface area contributed by atoms with Gasteiger partial charge in [0.05, 0.1) is 5.25 Å². The molecule has 0 bridgehead atoms. The number of amides is 1. The minimum atomic E-state index is 0.0855. The third-order valence-corrected chi connectivity index (χ3v) is 4.34. The topological polar surface area (TPSA) is 64.3 Å². The number of hydrogen-bond donors (Lipinski definition) is 2. The van der Waals surface area contributed by atoms with E-state index in [4.69, 9.17) is 10.5 Å². The van der Waals surface area contributed by atoms with Gasteiger partial charge in [0.2, 0.25) is 5.91 Å². The summed E-state index contributed by atoms with van der Waals surface area (Å²) in [6.07, 6.45) is 3.33. The van der Waals surface area contributed by atoms with Crippen molar-refractivity contribution in [3.8, 4) is 5.75 Å². The highest BCUT2D eigenvalue weighted by molar-refractivity contribution is 8.00. The van der Waals surface area contributed by atoms with Gasteiger partial charge >= 0.3 is 0 Å². The largest absolute Gasteiger partial charge is 0.492 e. The lowest BCUT2D eigenvalue weighted by molar-refractivity contribution is -0.115. The van der Waals surface area contributed by atoms with Crippen LogP contribution in [0.15, 0.2) is 24.3 Å². The molecule has 3 N–H and O–H groups in total. The molecule has 5 heteroatoms. The average molecular weight is 280 g/mol. The zero-order valence-corrected chi connectivity index (χ0v) is 11.7. The SMILES string of the molecule is NCCOc1cccc(NC(=O)C2CCCCS2)c1. The molecular weight excluding hydrogens is 260 g/mol. The summed E-state index contributed by atoms with van der Waals surface area (Å²) in [6.45, 7) is 0.963. The van der Waals surface area contributed by atoms with Crippen LogP contribution in [0.4, 0.5) is 5.69 Å². The summed E-state index contributed by atoms with van der Waals surface area (Å²) in [5.41, 5.74) is 6.18. The van der Waals surface area contributed by atoms with Crippen LogP contribution in [0.25, 0.3) is 0 Å². The van der Waals surface area contributed by atoms with Gasteiger partial charge in [-0.25, -0.2) is 0 Å². The van der Waals surface area contributed by atoms with E-state index in [0.29, 0.717) is 13.2 Å². The van der Waals surface area contributed by atoms with Crippen LogP contribution in [-0.2, 0) is 4.79 Å². The molecule has 2 rings (SSSR count). The Labute approximate surface area is 118 Å². The second-order valence-electron chi connectivity index (χ2n) is 4.51. The van der Waals surface area contributed by atoms with Gasteiger partial charge in [-0.3, -0.25) is 4.79 Å². The Morgan fingerprint density at radius 1 is 1.47 bits per heavy atom. The third kappa shape index (κ3) is 4.44. The van der Waals surface area contributed by atoms with Crippen molar-refractivity contribution in [2.75, 3.05) is 24.2 Å². The lowest BCUT2D eigenvalue weighted by Gasteiger charge is -2.20. The lowest BCUT2D eigenvalue weighted by Crippen LogP contribution is -2.27. The van der Waals surface area contributed by atoms with Crippen LogP contribution in [0.3, 0.4) is 0 Å². The number of thioether (sulfide) groups is 1. The fraction of sp³-hybridized carbons (Fsp3) is 0.500. The minimum Gasteiger partial charge on any atom is -0.492 e. The number of benzene rings is 1. The third-order valence-electron chi connectivity index (χ3n) is 2.96. The molecule has 0 radical (unpaired) electrons. The molecule has 1 aliphatic rings. The first-order chi connectivity index (χ1) is 9.29. The molecule has 104 valence electrons. The van der Waals surface area contributed by atoms with Gasteiger partial charge in [-0.05, 0) is 30.7 Å². The van der Waals surface area contributed by atoms with Crippen LogP contribution in [0.1, 0.15) is 19.3 Å². The molecule has 1 aliphatic heterocycles. The summed E-state index contributed by atoms with van der Waals surface area (Å²) < 4.78 is 5.44. The summed E-state index contributed by atoms with van der Waals surface area (Å²) in [4.78, 5) is 12.1. The van der Waals surface area contributed by atoms with Gasteiger partial charge in [0.1, 0.15) is 12.4 Å². The first-order valence-corrected chi connectivity index (χ1v) is 7.70.